The van der Waals surface area contributed by atoms with Gasteiger partial charge in [-0.15, -0.1) is 0 Å². The predicted octanol–water partition coefficient (Wildman–Crippen LogP) is 5.76. The molecule has 5 heteroatoms. The molecule has 0 saturated carbocycles. The number of ether oxygens (including phenoxy) is 2. The Morgan fingerprint density at radius 2 is 1.55 bits per heavy atom. The number of anilines is 1. The molecule has 0 heterocycles. The molecule has 1 atom stereocenters. The minimum atomic E-state index is -0.110. The first-order valence-corrected chi connectivity index (χ1v) is 10.6. The van der Waals surface area contributed by atoms with Gasteiger partial charge in [0.25, 0.3) is 0 Å². The zero-order valence-corrected chi connectivity index (χ0v) is 18.4. The molecule has 31 heavy (non-hydrogen) atoms. The van der Waals surface area contributed by atoms with Gasteiger partial charge in [-0.3, -0.25) is 0 Å². The van der Waals surface area contributed by atoms with Crippen LogP contribution in [0.1, 0.15) is 25.0 Å². The normalized spacial score (nSPS) is 11.5. The van der Waals surface area contributed by atoms with Crippen molar-refractivity contribution in [1.82, 2.24) is 4.90 Å². The summed E-state index contributed by atoms with van der Waals surface area (Å²) in [6.07, 6.45) is 0.775. The molecule has 5 nitrogen and oxygen atoms in total. The van der Waals surface area contributed by atoms with Crippen LogP contribution < -0.4 is 14.8 Å². The van der Waals surface area contributed by atoms with Gasteiger partial charge in [-0.05, 0) is 67.8 Å². The van der Waals surface area contributed by atoms with Gasteiger partial charge in [0.05, 0.1) is 7.11 Å². The van der Waals surface area contributed by atoms with Crippen LogP contribution in [-0.2, 0) is 13.0 Å². The molecule has 0 radical (unpaired) electrons. The molecule has 0 aliphatic carbocycles. The van der Waals surface area contributed by atoms with E-state index in [0.717, 1.165) is 29.2 Å². The minimum absolute atomic E-state index is 0.0619. The maximum atomic E-state index is 12.8. The van der Waals surface area contributed by atoms with Gasteiger partial charge in [0.15, 0.2) is 0 Å². The lowest BCUT2D eigenvalue weighted by molar-refractivity contribution is 0.196. The van der Waals surface area contributed by atoms with Crippen LogP contribution in [0, 0.1) is 0 Å². The lowest BCUT2D eigenvalue weighted by Gasteiger charge is -2.28. The number of amides is 2. The summed E-state index contributed by atoms with van der Waals surface area (Å²) < 4.78 is 11.0. The Labute approximate surface area is 184 Å². The van der Waals surface area contributed by atoms with Crippen LogP contribution in [0.4, 0.5) is 10.5 Å². The molecule has 0 aromatic heterocycles. The van der Waals surface area contributed by atoms with Gasteiger partial charge in [0.1, 0.15) is 18.1 Å². The second kappa shape index (κ2) is 11.1. The van der Waals surface area contributed by atoms with Gasteiger partial charge in [-0.25, -0.2) is 4.79 Å². The van der Waals surface area contributed by atoms with Crippen molar-refractivity contribution in [2.75, 3.05) is 19.0 Å². The topological polar surface area (TPSA) is 50.8 Å². The molecule has 162 valence electrons. The van der Waals surface area contributed by atoms with Crippen molar-refractivity contribution in [1.29, 1.82) is 0 Å². The maximum Gasteiger partial charge on any atom is 0.322 e. The Morgan fingerprint density at radius 3 is 2.16 bits per heavy atom. The number of methoxy groups -OCH3 is 1. The summed E-state index contributed by atoms with van der Waals surface area (Å²) in [5.41, 5.74) is 3.02. The zero-order valence-electron chi connectivity index (χ0n) is 18.4. The molecule has 3 rings (SSSR count). The van der Waals surface area contributed by atoms with E-state index in [-0.39, 0.29) is 12.1 Å². The SMILES string of the molecule is CCN(C(=O)Nc1ccc(OCc2ccccc2)cc1)C(C)Cc1ccc(OC)cc1. The van der Waals surface area contributed by atoms with E-state index in [1.165, 1.54) is 5.56 Å². The molecule has 3 aromatic carbocycles. The third-order valence-corrected chi connectivity index (χ3v) is 5.18. The lowest BCUT2D eigenvalue weighted by atomic mass is 10.1. The first-order valence-electron chi connectivity index (χ1n) is 10.6. The van der Waals surface area contributed by atoms with Crippen molar-refractivity contribution in [3.63, 3.8) is 0 Å². The standard InChI is InChI=1S/C26H30N2O3/c1-4-28(20(2)18-21-10-14-24(30-3)15-11-21)26(29)27-23-12-16-25(17-13-23)31-19-22-8-6-5-7-9-22/h5-17,20H,4,18-19H2,1-3H3,(H,27,29). The average Bonchev–Trinajstić information content (AvgIpc) is 2.80. The second-order valence-corrected chi connectivity index (χ2v) is 7.42. The molecule has 0 aliphatic rings. The minimum Gasteiger partial charge on any atom is -0.497 e. The zero-order chi connectivity index (χ0) is 22.1. The summed E-state index contributed by atoms with van der Waals surface area (Å²) in [7, 11) is 1.66. The summed E-state index contributed by atoms with van der Waals surface area (Å²) in [5.74, 6) is 1.60. The Kier molecular flexibility index (Phi) is 7.93. The van der Waals surface area contributed by atoms with Crippen molar-refractivity contribution in [2.45, 2.75) is 32.9 Å². The van der Waals surface area contributed by atoms with E-state index in [0.29, 0.717) is 13.2 Å². The van der Waals surface area contributed by atoms with E-state index >= 15 is 0 Å². The molecule has 0 aliphatic heterocycles. The molecule has 3 aromatic rings. The van der Waals surface area contributed by atoms with E-state index in [9.17, 15) is 4.79 Å². The Balaban J connectivity index is 1.54. The van der Waals surface area contributed by atoms with Gasteiger partial charge in [-0.2, -0.15) is 0 Å². The summed E-state index contributed by atoms with van der Waals surface area (Å²) >= 11 is 0. The van der Waals surface area contributed by atoms with Gasteiger partial charge >= 0.3 is 6.03 Å². The number of benzene rings is 3. The molecule has 0 spiro atoms. The Morgan fingerprint density at radius 1 is 0.903 bits per heavy atom. The first-order chi connectivity index (χ1) is 15.1. The van der Waals surface area contributed by atoms with E-state index < -0.39 is 0 Å². The van der Waals surface area contributed by atoms with Crippen molar-refractivity contribution in [3.05, 3.63) is 90.0 Å². The fourth-order valence-electron chi connectivity index (χ4n) is 3.44. The predicted molar refractivity (Wildman–Crippen MR) is 125 cm³/mol. The molecule has 0 saturated heterocycles. The fraction of sp³-hybridized carbons (Fsp3) is 0.269. The number of likely N-dealkylation sites (N-methyl/N-ethyl adjacent to an activating group) is 1. The van der Waals surface area contributed by atoms with Crippen LogP contribution in [-0.4, -0.2) is 30.6 Å². The Hall–Kier alpha value is -3.47. The van der Waals surface area contributed by atoms with E-state index in [1.54, 1.807) is 7.11 Å². The summed E-state index contributed by atoms with van der Waals surface area (Å²) in [6, 6.07) is 25.4. The molecule has 0 bridgehead atoms. The molecule has 2 amide bonds. The van der Waals surface area contributed by atoms with Gasteiger partial charge < -0.3 is 19.7 Å². The van der Waals surface area contributed by atoms with Crippen LogP contribution in [0.3, 0.4) is 0 Å². The molecular weight excluding hydrogens is 388 g/mol. The molecule has 1 N–H and O–H groups in total. The van der Waals surface area contributed by atoms with E-state index in [2.05, 4.69) is 12.2 Å². The van der Waals surface area contributed by atoms with Crippen molar-refractivity contribution in [2.24, 2.45) is 0 Å². The average molecular weight is 419 g/mol. The summed E-state index contributed by atoms with van der Waals surface area (Å²) in [5, 5.41) is 2.99. The van der Waals surface area contributed by atoms with E-state index in [1.807, 2.05) is 90.7 Å². The number of hydrogen-bond donors (Lipinski definition) is 1. The number of nitrogens with zero attached hydrogens (tertiary/aromatic N) is 1. The van der Waals surface area contributed by atoms with Crippen LogP contribution in [0.5, 0.6) is 11.5 Å². The second-order valence-electron chi connectivity index (χ2n) is 7.42. The fourth-order valence-corrected chi connectivity index (χ4v) is 3.44. The number of nitrogens with one attached hydrogen (secondary N) is 1. The number of urea groups is 1. The smallest absolute Gasteiger partial charge is 0.322 e. The molecule has 0 fully saturated rings. The highest BCUT2D eigenvalue weighted by molar-refractivity contribution is 5.89. The highest BCUT2D eigenvalue weighted by Crippen LogP contribution is 2.19. The highest BCUT2D eigenvalue weighted by atomic mass is 16.5. The van der Waals surface area contributed by atoms with Crippen molar-refractivity contribution < 1.29 is 14.3 Å². The largest absolute Gasteiger partial charge is 0.497 e. The molecule has 1 unspecified atom stereocenters. The van der Waals surface area contributed by atoms with Gasteiger partial charge in [0.2, 0.25) is 0 Å². The summed E-state index contributed by atoms with van der Waals surface area (Å²) in [4.78, 5) is 14.7. The van der Waals surface area contributed by atoms with Gasteiger partial charge in [-0.1, -0.05) is 42.5 Å². The van der Waals surface area contributed by atoms with Crippen molar-refractivity contribution in [3.8, 4) is 11.5 Å². The first kappa shape index (κ1) is 22.2. The number of carbonyl (C=O) groups excluding carboxylic acids is 1. The monoisotopic (exact) mass is 418 g/mol. The maximum absolute atomic E-state index is 12.8. The highest BCUT2D eigenvalue weighted by Gasteiger charge is 2.19. The van der Waals surface area contributed by atoms with E-state index in [4.69, 9.17) is 9.47 Å². The third kappa shape index (κ3) is 6.51. The van der Waals surface area contributed by atoms with Crippen LogP contribution in [0.25, 0.3) is 0 Å². The van der Waals surface area contributed by atoms with Crippen LogP contribution >= 0.6 is 0 Å². The third-order valence-electron chi connectivity index (χ3n) is 5.18. The number of rotatable bonds is 9. The van der Waals surface area contributed by atoms with Gasteiger partial charge in [0, 0.05) is 18.3 Å². The summed E-state index contributed by atoms with van der Waals surface area (Å²) in [6.45, 7) is 5.19. The van der Waals surface area contributed by atoms with Crippen LogP contribution in [0.2, 0.25) is 0 Å². The van der Waals surface area contributed by atoms with Crippen molar-refractivity contribution >= 4 is 11.7 Å². The Bertz CT molecular complexity index is 941. The lowest BCUT2D eigenvalue weighted by Crippen LogP contribution is -2.42. The number of hydrogen-bond acceptors (Lipinski definition) is 3. The quantitative estimate of drug-likeness (QED) is 0.481. The van der Waals surface area contributed by atoms with Crippen LogP contribution in [0.15, 0.2) is 78.9 Å². The number of carbonyl (C=O) groups is 1. The molecular formula is C26H30N2O3.